The third kappa shape index (κ3) is 3.57. The topological polar surface area (TPSA) is 32.3 Å². The second kappa shape index (κ2) is 5.63. The summed E-state index contributed by atoms with van der Waals surface area (Å²) in [5, 5.41) is 3.32. The number of rotatable bonds is 6. The van der Waals surface area contributed by atoms with Gasteiger partial charge in [0.2, 0.25) is 5.91 Å². The first-order chi connectivity index (χ1) is 9.24. The van der Waals surface area contributed by atoms with E-state index >= 15 is 0 Å². The summed E-state index contributed by atoms with van der Waals surface area (Å²) in [6.07, 6.45) is 4.75. The highest BCUT2D eigenvalue weighted by Gasteiger charge is 2.33. The lowest BCUT2D eigenvalue weighted by Crippen LogP contribution is -2.39. The molecule has 2 aliphatic carbocycles. The lowest BCUT2D eigenvalue weighted by molar-refractivity contribution is -0.131. The molecule has 0 aromatic heterocycles. The van der Waals surface area contributed by atoms with Crippen molar-refractivity contribution in [1.29, 1.82) is 0 Å². The minimum atomic E-state index is 0.241. The molecule has 19 heavy (non-hydrogen) atoms. The van der Waals surface area contributed by atoms with Gasteiger partial charge in [0.05, 0.1) is 6.54 Å². The number of hydrogen-bond donors (Lipinski definition) is 1. The Morgan fingerprint density at radius 2 is 2.00 bits per heavy atom. The van der Waals surface area contributed by atoms with Crippen LogP contribution in [0.15, 0.2) is 28.7 Å². The van der Waals surface area contributed by atoms with Gasteiger partial charge >= 0.3 is 0 Å². The summed E-state index contributed by atoms with van der Waals surface area (Å²) >= 11 is 3.56. The highest BCUT2D eigenvalue weighted by molar-refractivity contribution is 9.10. The Hall–Kier alpha value is -0.870. The third-order valence-corrected chi connectivity index (χ3v) is 4.50. The molecule has 0 atom stereocenters. The molecule has 1 aromatic rings. The molecule has 0 unspecified atom stereocenters. The van der Waals surface area contributed by atoms with Crippen LogP contribution in [0, 0.1) is 0 Å². The Kier molecular flexibility index (Phi) is 3.89. The van der Waals surface area contributed by atoms with Crippen LogP contribution in [0.4, 0.5) is 0 Å². The zero-order valence-corrected chi connectivity index (χ0v) is 12.5. The molecule has 0 radical (unpaired) electrons. The van der Waals surface area contributed by atoms with E-state index in [0.29, 0.717) is 18.6 Å². The Bertz CT molecular complexity index is 469. The van der Waals surface area contributed by atoms with Crippen molar-refractivity contribution < 1.29 is 4.79 Å². The number of carbonyl (C=O) groups excluding carboxylic acids is 1. The first-order valence-electron chi connectivity index (χ1n) is 7.00. The van der Waals surface area contributed by atoms with Crippen molar-refractivity contribution in [3.8, 4) is 0 Å². The minimum absolute atomic E-state index is 0.241. The average Bonchev–Trinajstić information content (AvgIpc) is 3.28. The lowest BCUT2D eigenvalue weighted by Gasteiger charge is -2.23. The molecule has 1 N–H and O–H groups in total. The van der Waals surface area contributed by atoms with Gasteiger partial charge in [-0.2, -0.15) is 0 Å². The monoisotopic (exact) mass is 322 g/mol. The van der Waals surface area contributed by atoms with Crippen molar-refractivity contribution >= 4 is 21.8 Å². The van der Waals surface area contributed by atoms with E-state index in [4.69, 9.17) is 0 Å². The van der Waals surface area contributed by atoms with Crippen LogP contribution >= 0.6 is 15.9 Å². The largest absolute Gasteiger partial charge is 0.334 e. The molecule has 0 spiro atoms. The van der Waals surface area contributed by atoms with Crippen LogP contribution in [0.2, 0.25) is 0 Å². The summed E-state index contributed by atoms with van der Waals surface area (Å²) in [7, 11) is 0. The van der Waals surface area contributed by atoms with Crippen LogP contribution in [0.1, 0.15) is 31.2 Å². The van der Waals surface area contributed by atoms with Crippen molar-refractivity contribution in [2.75, 3.05) is 6.54 Å². The van der Waals surface area contributed by atoms with Gasteiger partial charge in [-0.3, -0.25) is 4.79 Å². The van der Waals surface area contributed by atoms with Gasteiger partial charge in [0.1, 0.15) is 0 Å². The Labute approximate surface area is 122 Å². The van der Waals surface area contributed by atoms with Gasteiger partial charge in [-0.15, -0.1) is 0 Å². The second-order valence-electron chi connectivity index (χ2n) is 5.50. The predicted octanol–water partition coefficient (Wildman–Crippen LogP) is 2.69. The van der Waals surface area contributed by atoms with Gasteiger partial charge in [-0.05, 0) is 37.3 Å². The number of hydrogen-bond acceptors (Lipinski definition) is 2. The summed E-state index contributed by atoms with van der Waals surface area (Å²) in [4.78, 5) is 14.4. The van der Waals surface area contributed by atoms with Crippen molar-refractivity contribution in [1.82, 2.24) is 10.2 Å². The molecule has 4 heteroatoms. The van der Waals surface area contributed by atoms with Gasteiger partial charge in [-0.25, -0.2) is 0 Å². The first kappa shape index (κ1) is 13.1. The summed E-state index contributed by atoms with van der Waals surface area (Å²) in [6.45, 7) is 1.21. The highest BCUT2D eigenvalue weighted by Crippen LogP contribution is 2.30. The number of carbonyl (C=O) groups is 1. The van der Waals surface area contributed by atoms with E-state index in [2.05, 4.69) is 27.3 Å². The maximum atomic E-state index is 12.3. The van der Waals surface area contributed by atoms with Crippen LogP contribution in [0.25, 0.3) is 0 Å². The lowest BCUT2D eigenvalue weighted by atomic mass is 10.2. The van der Waals surface area contributed by atoms with Gasteiger partial charge < -0.3 is 10.2 Å². The van der Waals surface area contributed by atoms with E-state index < -0.39 is 0 Å². The van der Waals surface area contributed by atoms with Crippen molar-refractivity contribution in [3.05, 3.63) is 34.3 Å². The third-order valence-electron chi connectivity index (χ3n) is 3.73. The highest BCUT2D eigenvalue weighted by atomic mass is 79.9. The van der Waals surface area contributed by atoms with E-state index in [1.807, 2.05) is 23.1 Å². The summed E-state index contributed by atoms with van der Waals surface area (Å²) in [5.74, 6) is 0.241. The predicted molar refractivity (Wildman–Crippen MR) is 78.7 cm³/mol. The first-order valence-corrected chi connectivity index (χ1v) is 7.79. The molecule has 3 rings (SSSR count). The fraction of sp³-hybridized carbons (Fsp3) is 0.533. The van der Waals surface area contributed by atoms with Crippen molar-refractivity contribution in [3.63, 3.8) is 0 Å². The average molecular weight is 323 g/mol. The summed E-state index contributed by atoms with van der Waals surface area (Å²) < 4.78 is 1.09. The summed E-state index contributed by atoms with van der Waals surface area (Å²) in [6, 6.07) is 9.20. The number of benzene rings is 1. The molecular weight excluding hydrogens is 304 g/mol. The maximum Gasteiger partial charge on any atom is 0.237 e. The van der Waals surface area contributed by atoms with Crippen LogP contribution in [-0.2, 0) is 11.3 Å². The maximum absolute atomic E-state index is 12.3. The van der Waals surface area contributed by atoms with Gasteiger partial charge in [0, 0.05) is 23.1 Å². The molecule has 1 aromatic carbocycles. The molecule has 0 saturated heterocycles. The van der Waals surface area contributed by atoms with E-state index in [0.717, 1.165) is 23.9 Å². The normalized spacial score (nSPS) is 18.4. The number of nitrogens with zero attached hydrogens (tertiary/aromatic N) is 1. The van der Waals surface area contributed by atoms with Crippen LogP contribution in [0.5, 0.6) is 0 Å². The van der Waals surface area contributed by atoms with E-state index in [9.17, 15) is 4.79 Å². The second-order valence-corrected chi connectivity index (χ2v) is 6.35. The fourth-order valence-electron chi connectivity index (χ4n) is 2.24. The number of nitrogens with one attached hydrogen (secondary N) is 1. The summed E-state index contributed by atoms with van der Waals surface area (Å²) in [5.41, 5.74) is 1.19. The SMILES string of the molecule is O=C(CNC1CC1)N(Cc1ccccc1Br)C1CC1. The number of amides is 1. The zero-order valence-electron chi connectivity index (χ0n) is 10.9. The zero-order chi connectivity index (χ0) is 13.2. The Morgan fingerprint density at radius 1 is 1.26 bits per heavy atom. The number of halogens is 1. The molecule has 2 saturated carbocycles. The van der Waals surface area contributed by atoms with Crippen molar-refractivity contribution in [2.45, 2.75) is 44.3 Å². The molecular formula is C15H19BrN2O. The molecule has 2 aliphatic rings. The van der Waals surface area contributed by atoms with E-state index in [1.165, 1.54) is 18.4 Å². The van der Waals surface area contributed by atoms with Gasteiger partial charge in [-0.1, -0.05) is 34.1 Å². The van der Waals surface area contributed by atoms with E-state index in [-0.39, 0.29) is 5.91 Å². The van der Waals surface area contributed by atoms with E-state index in [1.54, 1.807) is 0 Å². The Morgan fingerprint density at radius 3 is 2.63 bits per heavy atom. The molecule has 3 nitrogen and oxygen atoms in total. The standard InChI is InChI=1S/C15H19BrN2O/c16-14-4-2-1-3-11(14)10-18(13-7-8-13)15(19)9-17-12-5-6-12/h1-4,12-13,17H,5-10H2. The van der Waals surface area contributed by atoms with Crippen LogP contribution in [0.3, 0.4) is 0 Å². The molecule has 2 fully saturated rings. The van der Waals surface area contributed by atoms with Crippen LogP contribution < -0.4 is 5.32 Å². The Balaban J connectivity index is 1.63. The molecule has 0 heterocycles. The fourth-order valence-corrected chi connectivity index (χ4v) is 2.65. The van der Waals surface area contributed by atoms with Gasteiger partial charge in [0.25, 0.3) is 0 Å². The van der Waals surface area contributed by atoms with Gasteiger partial charge in [0.15, 0.2) is 0 Å². The minimum Gasteiger partial charge on any atom is -0.334 e. The molecule has 1 amide bonds. The molecule has 0 bridgehead atoms. The van der Waals surface area contributed by atoms with Crippen LogP contribution in [-0.4, -0.2) is 29.4 Å². The smallest absolute Gasteiger partial charge is 0.237 e. The quantitative estimate of drug-likeness (QED) is 0.873. The molecule has 0 aliphatic heterocycles. The molecule has 102 valence electrons. The van der Waals surface area contributed by atoms with Crippen molar-refractivity contribution in [2.24, 2.45) is 0 Å².